The highest BCUT2D eigenvalue weighted by atomic mass is 16.7. The van der Waals surface area contributed by atoms with Crippen LogP contribution >= 0.6 is 0 Å². The van der Waals surface area contributed by atoms with Crippen molar-refractivity contribution >= 4 is 17.8 Å². The minimum absolute atomic E-state index is 0.0401. The lowest BCUT2D eigenvalue weighted by Gasteiger charge is -2.25. The van der Waals surface area contributed by atoms with Crippen LogP contribution in [0.2, 0.25) is 0 Å². The lowest BCUT2D eigenvalue weighted by molar-refractivity contribution is -0.164. The van der Waals surface area contributed by atoms with Crippen molar-refractivity contribution in [3.8, 4) is 0 Å². The first kappa shape index (κ1) is 22.9. The van der Waals surface area contributed by atoms with Crippen LogP contribution in [0.1, 0.15) is 25.3 Å². The van der Waals surface area contributed by atoms with Crippen LogP contribution in [0.4, 0.5) is 0 Å². The summed E-state index contributed by atoms with van der Waals surface area (Å²) in [5.41, 5.74) is 8.16. The summed E-state index contributed by atoms with van der Waals surface area (Å²) in [6.07, 6.45) is 1.63. The van der Waals surface area contributed by atoms with Crippen LogP contribution in [0.3, 0.4) is 0 Å². The maximum Gasteiger partial charge on any atom is 0.310 e. The van der Waals surface area contributed by atoms with Gasteiger partial charge in [0, 0.05) is 26.2 Å². The largest absolute Gasteiger partial charge is 0.433 e. The van der Waals surface area contributed by atoms with Crippen LogP contribution in [0.5, 0.6) is 0 Å². The van der Waals surface area contributed by atoms with Crippen LogP contribution in [0.25, 0.3) is 0 Å². The highest BCUT2D eigenvalue weighted by Crippen LogP contribution is 2.17. The highest BCUT2D eigenvalue weighted by Gasteiger charge is 2.37. The molecule has 9 heteroatoms. The van der Waals surface area contributed by atoms with Crippen LogP contribution in [-0.2, 0) is 30.4 Å². The predicted octanol–water partition coefficient (Wildman–Crippen LogP) is 0.0565. The molecule has 3 unspecified atom stereocenters. The molecule has 3 rings (SSSR count). The van der Waals surface area contributed by atoms with Gasteiger partial charge >= 0.3 is 5.97 Å². The van der Waals surface area contributed by atoms with E-state index in [2.05, 4.69) is 10.6 Å². The van der Waals surface area contributed by atoms with E-state index in [0.717, 1.165) is 11.1 Å². The van der Waals surface area contributed by atoms with E-state index in [4.69, 9.17) is 15.2 Å². The summed E-state index contributed by atoms with van der Waals surface area (Å²) in [5.74, 6) is -1.08. The Morgan fingerprint density at radius 1 is 1.26 bits per heavy atom. The second-order valence-corrected chi connectivity index (χ2v) is 7.68. The van der Waals surface area contributed by atoms with Crippen molar-refractivity contribution in [2.24, 2.45) is 5.73 Å². The molecule has 1 aromatic rings. The first-order chi connectivity index (χ1) is 15.0. The SMILES string of the molecule is CCOC1OC(=O)CC1NC(=O)CN1CC(CNCc2ccccc2)=CCC(N)C1=O. The number of nitrogens with two attached hydrogens (primary N) is 1. The van der Waals surface area contributed by atoms with Gasteiger partial charge in [0.25, 0.3) is 0 Å². The molecule has 4 N–H and O–H groups in total. The maximum absolute atomic E-state index is 12.6. The Balaban J connectivity index is 1.54. The van der Waals surface area contributed by atoms with Gasteiger partial charge in [-0.15, -0.1) is 0 Å². The average molecular weight is 431 g/mol. The number of rotatable bonds is 9. The summed E-state index contributed by atoms with van der Waals surface area (Å²) in [5, 5.41) is 6.12. The predicted molar refractivity (Wildman–Crippen MR) is 113 cm³/mol. The molecule has 0 bridgehead atoms. The Morgan fingerprint density at radius 2 is 2.03 bits per heavy atom. The van der Waals surface area contributed by atoms with Crippen LogP contribution in [-0.4, -0.2) is 67.3 Å². The second-order valence-electron chi connectivity index (χ2n) is 7.68. The van der Waals surface area contributed by atoms with Gasteiger partial charge in [0.1, 0.15) is 6.04 Å². The number of cyclic esters (lactones) is 1. The molecule has 0 spiro atoms. The Morgan fingerprint density at radius 3 is 2.77 bits per heavy atom. The summed E-state index contributed by atoms with van der Waals surface area (Å²) in [6, 6.07) is 8.76. The van der Waals surface area contributed by atoms with Gasteiger partial charge < -0.3 is 30.7 Å². The zero-order chi connectivity index (χ0) is 22.2. The van der Waals surface area contributed by atoms with E-state index >= 15 is 0 Å². The zero-order valence-corrected chi connectivity index (χ0v) is 17.7. The summed E-state index contributed by atoms with van der Waals surface area (Å²) >= 11 is 0. The number of esters is 1. The summed E-state index contributed by atoms with van der Waals surface area (Å²) in [4.78, 5) is 38.2. The number of hydrogen-bond donors (Lipinski definition) is 3. The third-order valence-corrected chi connectivity index (χ3v) is 5.18. The molecule has 0 aromatic heterocycles. The standard InChI is InChI=1S/C22H30N4O5/c1-2-30-22-18(10-20(28)31-22)25-19(27)14-26-13-16(8-9-17(23)21(26)29)12-24-11-15-6-4-3-5-7-15/h3-8,17-18,22,24H,2,9-14,23H2,1H3,(H,25,27). The molecule has 2 aliphatic rings. The molecule has 0 aliphatic carbocycles. The molecule has 9 nitrogen and oxygen atoms in total. The third-order valence-electron chi connectivity index (χ3n) is 5.18. The van der Waals surface area contributed by atoms with E-state index in [1.54, 1.807) is 6.92 Å². The Kier molecular flexibility index (Phi) is 8.16. The average Bonchev–Trinajstić information content (AvgIpc) is 3.03. The molecule has 2 aliphatic heterocycles. The van der Waals surface area contributed by atoms with E-state index in [9.17, 15) is 14.4 Å². The van der Waals surface area contributed by atoms with Gasteiger partial charge in [0.2, 0.25) is 18.1 Å². The van der Waals surface area contributed by atoms with E-state index in [0.29, 0.717) is 32.7 Å². The molecule has 3 atom stereocenters. The summed E-state index contributed by atoms with van der Waals surface area (Å²) in [6.45, 7) is 3.59. The molecular weight excluding hydrogens is 400 g/mol. The van der Waals surface area contributed by atoms with Gasteiger partial charge in [0.15, 0.2) is 0 Å². The fourth-order valence-electron chi connectivity index (χ4n) is 3.64. The maximum atomic E-state index is 12.6. The minimum atomic E-state index is -0.804. The third kappa shape index (κ3) is 6.61. The summed E-state index contributed by atoms with van der Waals surface area (Å²) < 4.78 is 10.4. The molecule has 1 saturated heterocycles. The fourth-order valence-corrected chi connectivity index (χ4v) is 3.64. The Bertz CT molecular complexity index is 813. The molecule has 2 amide bonds. The number of nitrogens with zero attached hydrogens (tertiary/aromatic N) is 1. The monoisotopic (exact) mass is 430 g/mol. The van der Waals surface area contributed by atoms with Crippen molar-refractivity contribution in [1.29, 1.82) is 0 Å². The fraction of sp³-hybridized carbons (Fsp3) is 0.500. The van der Waals surface area contributed by atoms with Crippen molar-refractivity contribution in [3.63, 3.8) is 0 Å². The zero-order valence-electron chi connectivity index (χ0n) is 17.7. The second kappa shape index (κ2) is 11.0. The number of carbonyl (C=O) groups is 3. The van der Waals surface area contributed by atoms with E-state index in [-0.39, 0.29) is 24.8 Å². The van der Waals surface area contributed by atoms with Crippen molar-refractivity contribution in [1.82, 2.24) is 15.5 Å². The van der Waals surface area contributed by atoms with Crippen molar-refractivity contribution in [2.45, 2.75) is 44.7 Å². The number of benzene rings is 1. The van der Waals surface area contributed by atoms with Gasteiger partial charge in [-0.3, -0.25) is 14.4 Å². The Hall–Kier alpha value is -2.75. The molecular formula is C22H30N4O5. The topological polar surface area (TPSA) is 123 Å². The molecule has 31 heavy (non-hydrogen) atoms. The van der Waals surface area contributed by atoms with Crippen molar-refractivity contribution in [3.05, 3.63) is 47.5 Å². The lowest BCUT2D eigenvalue weighted by Crippen LogP contribution is -2.50. The van der Waals surface area contributed by atoms with Crippen LogP contribution in [0, 0.1) is 0 Å². The first-order valence-electron chi connectivity index (χ1n) is 10.5. The van der Waals surface area contributed by atoms with E-state index in [1.807, 2.05) is 36.4 Å². The number of amides is 2. The van der Waals surface area contributed by atoms with Gasteiger partial charge in [-0.2, -0.15) is 0 Å². The quantitative estimate of drug-likeness (QED) is 0.374. The lowest BCUT2D eigenvalue weighted by atomic mass is 10.1. The molecule has 0 radical (unpaired) electrons. The number of carbonyl (C=O) groups excluding carboxylic acids is 3. The normalized spacial score (nSPS) is 23.9. The van der Waals surface area contributed by atoms with E-state index < -0.39 is 24.3 Å². The van der Waals surface area contributed by atoms with Gasteiger partial charge in [-0.1, -0.05) is 36.4 Å². The molecule has 0 saturated carbocycles. The molecule has 168 valence electrons. The molecule has 2 heterocycles. The van der Waals surface area contributed by atoms with Gasteiger partial charge in [-0.25, -0.2) is 0 Å². The van der Waals surface area contributed by atoms with Crippen molar-refractivity contribution in [2.75, 3.05) is 26.2 Å². The number of nitrogens with one attached hydrogen (secondary N) is 2. The van der Waals surface area contributed by atoms with Crippen LogP contribution < -0.4 is 16.4 Å². The van der Waals surface area contributed by atoms with Crippen LogP contribution in [0.15, 0.2) is 42.0 Å². The molecule has 1 aromatic carbocycles. The Labute approximate surface area is 181 Å². The summed E-state index contributed by atoms with van der Waals surface area (Å²) in [7, 11) is 0. The van der Waals surface area contributed by atoms with Crippen molar-refractivity contribution < 1.29 is 23.9 Å². The number of hydrogen-bond acceptors (Lipinski definition) is 7. The smallest absolute Gasteiger partial charge is 0.310 e. The number of ether oxygens (including phenoxy) is 2. The van der Waals surface area contributed by atoms with E-state index in [1.165, 1.54) is 4.90 Å². The minimum Gasteiger partial charge on any atom is -0.433 e. The molecule has 1 fully saturated rings. The van der Waals surface area contributed by atoms with Gasteiger partial charge in [-0.05, 0) is 24.5 Å². The first-order valence-corrected chi connectivity index (χ1v) is 10.5. The van der Waals surface area contributed by atoms with Gasteiger partial charge in [0.05, 0.1) is 19.0 Å². The highest BCUT2D eigenvalue weighted by molar-refractivity contribution is 5.88.